The minimum Gasteiger partial charge on any atom is -0.312 e. The molecule has 0 N–H and O–H groups in total. The van der Waals surface area contributed by atoms with Gasteiger partial charge in [-0.25, -0.2) is 0 Å². The molecule has 0 unspecified atom stereocenters. The minimum absolute atomic E-state index is 0.484. The van der Waals surface area contributed by atoms with E-state index in [1.165, 1.54) is 11.8 Å². The van der Waals surface area contributed by atoms with Gasteiger partial charge < -0.3 is 4.57 Å². The van der Waals surface area contributed by atoms with Gasteiger partial charge in [-0.3, -0.25) is 9.47 Å². The molecule has 3 heterocycles. The Labute approximate surface area is 144 Å². The largest absolute Gasteiger partial charge is 0.318 e. The predicted octanol–water partition coefficient (Wildman–Crippen LogP) is 3.08. The van der Waals surface area contributed by atoms with Crippen molar-refractivity contribution in [3.05, 3.63) is 71.6 Å². The van der Waals surface area contributed by atoms with Crippen molar-refractivity contribution in [3.8, 4) is 0 Å². The first kappa shape index (κ1) is 16.0. The van der Waals surface area contributed by atoms with Crippen LogP contribution in [0.25, 0.3) is 0 Å². The Bertz CT molecular complexity index is 840. The Morgan fingerprint density at radius 3 is 2.64 bits per heavy atom. The first-order valence-electron chi connectivity index (χ1n) is 8.32. The van der Waals surface area contributed by atoms with Crippen LogP contribution in [0.5, 0.6) is 0 Å². The quantitative estimate of drug-likeness (QED) is 0.715. The molecule has 3 aromatic rings. The lowest BCUT2D eigenvalue weighted by Crippen LogP contribution is -2.34. The van der Waals surface area contributed by atoms with E-state index in [-0.39, 0.29) is 0 Å². The highest BCUT2D eigenvalue weighted by Gasteiger charge is 2.22. The van der Waals surface area contributed by atoms with E-state index in [9.17, 15) is 8.78 Å². The summed E-state index contributed by atoms with van der Waals surface area (Å²) < 4.78 is 29.1. The maximum absolute atomic E-state index is 13.0. The van der Waals surface area contributed by atoms with Crippen molar-refractivity contribution in [2.75, 3.05) is 6.54 Å². The lowest BCUT2D eigenvalue weighted by molar-refractivity contribution is 0.0639. The molecule has 0 aliphatic carbocycles. The first-order valence-corrected chi connectivity index (χ1v) is 8.32. The van der Waals surface area contributed by atoms with Crippen LogP contribution in [0.2, 0.25) is 0 Å². The van der Waals surface area contributed by atoms with Gasteiger partial charge in [0.15, 0.2) is 0 Å². The van der Waals surface area contributed by atoms with Gasteiger partial charge in [0.1, 0.15) is 11.6 Å². The summed E-state index contributed by atoms with van der Waals surface area (Å²) in [5.74, 6) is 1.85. The molecule has 7 heteroatoms. The average Bonchev–Trinajstić information content (AvgIpc) is 3.23. The van der Waals surface area contributed by atoms with E-state index in [1.807, 2.05) is 18.2 Å². The normalized spacial score (nSPS) is 14.8. The maximum Gasteiger partial charge on any atom is 0.318 e. The van der Waals surface area contributed by atoms with Crippen LogP contribution in [0.1, 0.15) is 29.5 Å². The van der Waals surface area contributed by atoms with Crippen LogP contribution in [0.4, 0.5) is 8.78 Å². The Kier molecular flexibility index (Phi) is 4.31. The molecule has 0 fully saturated rings. The highest BCUT2D eigenvalue weighted by molar-refractivity contribution is 5.19. The number of rotatable bonds is 5. The van der Waals surface area contributed by atoms with Gasteiger partial charge in [0.25, 0.3) is 0 Å². The van der Waals surface area contributed by atoms with Crippen molar-refractivity contribution in [2.45, 2.75) is 32.6 Å². The molecular formula is C18H19F2N5. The molecule has 0 radical (unpaired) electrons. The molecule has 5 nitrogen and oxygen atoms in total. The molecule has 2 aromatic heterocycles. The molecule has 25 heavy (non-hydrogen) atoms. The Morgan fingerprint density at radius 2 is 1.84 bits per heavy atom. The van der Waals surface area contributed by atoms with Gasteiger partial charge in [0.2, 0.25) is 0 Å². The SMILES string of the molecule is FC(F)n1cccc1CN1CCn2c(Cc3ccccc3)nnc2C1. The summed E-state index contributed by atoms with van der Waals surface area (Å²) >= 11 is 0. The molecule has 0 saturated carbocycles. The fourth-order valence-electron chi connectivity index (χ4n) is 3.29. The third kappa shape index (κ3) is 3.32. The van der Waals surface area contributed by atoms with E-state index in [2.05, 4.69) is 31.8 Å². The maximum atomic E-state index is 13.0. The molecule has 0 amide bonds. The van der Waals surface area contributed by atoms with Crippen LogP contribution in [-0.4, -0.2) is 30.8 Å². The first-order chi connectivity index (χ1) is 12.2. The van der Waals surface area contributed by atoms with E-state index < -0.39 is 6.55 Å². The fraction of sp³-hybridized carbons (Fsp3) is 0.333. The zero-order valence-electron chi connectivity index (χ0n) is 13.7. The third-order valence-electron chi connectivity index (χ3n) is 4.58. The van der Waals surface area contributed by atoms with Crippen molar-refractivity contribution in [1.82, 2.24) is 24.2 Å². The van der Waals surface area contributed by atoms with Crippen LogP contribution in [0.3, 0.4) is 0 Å². The second-order valence-corrected chi connectivity index (χ2v) is 6.24. The molecule has 1 aliphatic rings. The topological polar surface area (TPSA) is 38.9 Å². The monoisotopic (exact) mass is 343 g/mol. The van der Waals surface area contributed by atoms with Gasteiger partial charge in [-0.05, 0) is 17.7 Å². The van der Waals surface area contributed by atoms with Gasteiger partial charge in [0, 0.05) is 37.9 Å². The lowest BCUT2D eigenvalue weighted by atomic mass is 10.1. The van der Waals surface area contributed by atoms with Crippen LogP contribution in [0, 0.1) is 0 Å². The van der Waals surface area contributed by atoms with Crippen molar-refractivity contribution in [2.24, 2.45) is 0 Å². The summed E-state index contributed by atoms with van der Waals surface area (Å²) in [6, 6.07) is 13.6. The van der Waals surface area contributed by atoms with E-state index >= 15 is 0 Å². The Hall–Kier alpha value is -2.54. The second-order valence-electron chi connectivity index (χ2n) is 6.24. The van der Waals surface area contributed by atoms with E-state index in [4.69, 9.17) is 0 Å². The zero-order chi connectivity index (χ0) is 17.2. The number of hydrogen-bond donors (Lipinski definition) is 0. The van der Waals surface area contributed by atoms with Crippen molar-refractivity contribution >= 4 is 0 Å². The molecular weight excluding hydrogens is 324 g/mol. The summed E-state index contributed by atoms with van der Waals surface area (Å²) in [4.78, 5) is 2.13. The van der Waals surface area contributed by atoms with E-state index in [0.29, 0.717) is 18.8 Å². The minimum atomic E-state index is -2.50. The average molecular weight is 343 g/mol. The lowest BCUT2D eigenvalue weighted by Gasteiger charge is -2.28. The van der Waals surface area contributed by atoms with Gasteiger partial charge in [-0.2, -0.15) is 8.78 Å². The molecule has 4 rings (SSSR count). The summed E-state index contributed by atoms with van der Waals surface area (Å²) in [6.07, 6.45) is 2.17. The number of alkyl halides is 2. The van der Waals surface area contributed by atoms with Gasteiger partial charge in [0.05, 0.1) is 6.54 Å². The summed E-state index contributed by atoms with van der Waals surface area (Å²) in [7, 11) is 0. The molecule has 130 valence electrons. The fourth-order valence-corrected chi connectivity index (χ4v) is 3.29. The van der Waals surface area contributed by atoms with Crippen LogP contribution < -0.4 is 0 Å². The van der Waals surface area contributed by atoms with E-state index in [1.54, 1.807) is 12.1 Å². The molecule has 1 aliphatic heterocycles. The second kappa shape index (κ2) is 6.76. The molecule has 0 atom stereocenters. The molecule has 0 bridgehead atoms. The van der Waals surface area contributed by atoms with Crippen LogP contribution >= 0.6 is 0 Å². The van der Waals surface area contributed by atoms with Gasteiger partial charge in [-0.15, -0.1) is 10.2 Å². The number of benzene rings is 1. The molecule has 0 spiro atoms. The van der Waals surface area contributed by atoms with Crippen molar-refractivity contribution in [1.29, 1.82) is 0 Å². The Balaban J connectivity index is 1.46. The number of halogens is 2. The van der Waals surface area contributed by atoms with Gasteiger partial charge >= 0.3 is 6.55 Å². The highest BCUT2D eigenvalue weighted by Crippen LogP contribution is 2.20. The smallest absolute Gasteiger partial charge is 0.312 e. The summed E-state index contributed by atoms with van der Waals surface area (Å²) in [6.45, 7) is 0.172. The number of aromatic nitrogens is 4. The van der Waals surface area contributed by atoms with Gasteiger partial charge in [-0.1, -0.05) is 30.3 Å². The van der Waals surface area contributed by atoms with Crippen molar-refractivity contribution in [3.63, 3.8) is 0 Å². The molecule has 0 saturated heterocycles. The number of nitrogens with zero attached hydrogens (tertiary/aromatic N) is 5. The zero-order valence-corrected chi connectivity index (χ0v) is 13.7. The highest BCUT2D eigenvalue weighted by atomic mass is 19.3. The standard InChI is InChI=1S/C18H19F2N5/c19-18(20)24-8-4-7-15(24)12-23-9-10-25-16(21-22-17(25)13-23)11-14-5-2-1-3-6-14/h1-8,18H,9-13H2. The van der Waals surface area contributed by atoms with Crippen LogP contribution in [-0.2, 0) is 26.1 Å². The predicted molar refractivity (Wildman–Crippen MR) is 89.1 cm³/mol. The summed E-state index contributed by atoms with van der Waals surface area (Å²) in [5.41, 5.74) is 1.82. The number of hydrogen-bond acceptors (Lipinski definition) is 3. The summed E-state index contributed by atoms with van der Waals surface area (Å²) in [5, 5.41) is 8.64. The van der Waals surface area contributed by atoms with Crippen molar-refractivity contribution < 1.29 is 8.78 Å². The van der Waals surface area contributed by atoms with E-state index in [0.717, 1.165) is 35.7 Å². The Morgan fingerprint density at radius 1 is 1.00 bits per heavy atom. The number of fused-ring (bicyclic) bond motifs is 1. The molecule has 1 aromatic carbocycles. The van der Waals surface area contributed by atoms with Crippen LogP contribution in [0.15, 0.2) is 48.7 Å². The third-order valence-corrected chi connectivity index (χ3v) is 4.58.